The van der Waals surface area contributed by atoms with Crippen LogP contribution in [0.3, 0.4) is 0 Å². The molecule has 0 saturated carbocycles. The van der Waals surface area contributed by atoms with Crippen LogP contribution in [0.4, 0.5) is 0 Å². The highest BCUT2D eigenvalue weighted by molar-refractivity contribution is 5.94. The molecule has 3 aromatic rings. The second kappa shape index (κ2) is 9.94. The maximum Gasteiger partial charge on any atom is 0.253 e. The summed E-state index contributed by atoms with van der Waals surface area (Å²) in [5.74, 6) is -0.0914. The van der Waals surface area contributed by atoms with Gasteiger partial charge < -0.3 is 20.3 Å². The van der Waals surface area contributed by atoms with E-state index >= 15 is 0 Å². The highest BCUT2D eigenvalue weighted by Crippen LogP contribution is 2.26. The summed E-state index contributed by atoms with van der Waals surface area (Å²) in [5, 5.41) is 14.2. The predicted octanol–water partition coefficient (Wildman–Crippen LogP) is 3.04. The van der Waals surface area contributed by atoms with Crippen LogP contribution in [0.15, 0.2) is 77.6 Å². The molecule has 3 atom stereocenters. The summed E-state index contributed by atoms with van der Waals surface area (Å²) in [7, 11) is 1.72. The summed E-state index contributed by atoms with van der Waals surface area (Å²) >= 11 is 0. The summed E-state index contributed by atoms with van der Waals surface area (Å²) in [5.41, 5.74) is 3.24. The summed E-state index contributed by atoms with van der Waals surface area (Å²) < 4.78 is 0. The van der Waals surface area contributed by atoms with Crippen LogP contribution in [0.25, 0.3) is 0 Å². The van der Waals surface area contributed by atoms with Crippen molar-refractivity contribution in [3.05, 3.63) is 106 Å². The summed E-state index contributed by atoms with van der Waals surface area (Å²) in [6.07, 6.45) is 2.29. The Balaban J connectivity index is 1.32. The van der Waals surface area contributed by atoms with Gasteiger partial charge in [0.1, 0.15) is 0 Å². The smallest absolute Gasteiger partial charge is 0.253 e. The molecule has 2 heterocycles. The maximum atomic E-state index is 12.7. The molecule has 4 rings (SSSR count). The highest BCUT2D eigenvalue weighted by atomic mass is 16.3. The van der Waals surface area contributed by atoms with Gasteiger partial charge in [0.05, 0.1) is 12.6 Å². The molecule has 2 aromatic carbocycles. The Labute approximate surface area is 187 Å². The maximum absolute atomic E-state index is 12.7. The number of pyridine rings is 1. The first kappa shape index (κ1) is 22.0. The van der Waals surface area contributed by atoms with E-state index in [9.17, 15) is 14.7 Å². The number of amides is 1. The molecule has 0 bridgehead atoms. The largest absolute Gasteiger partial charge is 0.387 e. The molecule has 1 aromatic heterocycles. The van der Waals surface area contributed by atoms with Gasteiger partial charge in [-0.3, -0.25) is 9.59 Å². The standard InChI is InChI=1S/C26H29N3O3/c1-29(17-22-8-5-9-24(30)28-22)26(32)20-12-10-18(11-13-20)16-21-14-15-23(27-21)25(31)19-6-3-2-4-7-19/h2-13,21,23,25,27,31H,14-17H2,1H3,(H,28,30). The van der Waals surface area contributed by atoms with E-state index in [-0.39, 0.29) is 17.5 Å². The number of aromatic nitrogens is 1. The van der Waals surface area contributed by atoms with E-state index in [0.29, 0.717) is 23.8 Å². The lowest BCUT2D eigenvalue weighted by molar-refractivity contribution is 0.0783. The average molecular weight is 432 g/mol. The van der Waals surface area contributed by atoms with Crippen LogP contribution in [0.1, 0.15) is 46.1 Å². The molecule has 0 radical (unpaired) electrons. The number of carbonyl (C=O) groups excluding carboxylic acids is 1. The van der Waals surface area contributed by atoms with Crippen LogP contribution < -0.4 is 10.9 Å². The lowest BCUT2D eigenvalue weighted by Gasteiger charge is -2.20. The van der Waals surface area contributed by atoms with Crippen molar-refractivity contribution in [2.24, 2.45) is 0 Å². The van der Waals surface area contributed by atoms with Gasteiger partial charge in [-0.15, -0.1) is 0 Å². The lowest BCUT2D eigenvalue weighted by atomic mass is 10.0. The summed E-state index contributed by atoms with van der Waals surface area (Å²) in [6.45, 7) is 0.341. The second-order valence-corrected chi connectivity index (χ2v) is 8.51. The van der Waals surface area contributed by atoms with Crippen LogP contribution in [0.2, 0.25) is 0 Å². The van der Waals surface area contributed by atoms with E-state index in [4.69, 9.17) is 0 Å². The Morgan fingerprint density at radius 1 is 1.03 bits per heavy atom. The SMILES string of the molecule is CN(Cc1cccc(=O)[nH]1)C(=O)c1ccc(CC2CCC(C(O)c3ccccc3)N2)cc1. The van der Waals surface area contributed by atoms with E-state index in [0.717, 1.165) is 30.4 Å². The minimum atomic E-state index is -0.503. The van der Waals surface area contributed by atoms with Crippen molar-refractivity contribution < 1.29 is 9.90 Å². The highest BCUT2D eigenvalue weighted by Gasteiger charge is 2.29. The predicted molar refractivity (Wildman–Crippen MR) is 124 cm³/mol. The number of nitrogens with zero attached hydrogens (tertiary/aromatic N) is 1. The van der Waals surface area contributed by atoms with Gasteiger partial charge in [0, 0.05) is 36.5 Å². The normalized spacial score (nSPS) is 18.9. The van der Waals surface area contributed by atoms with Crippen molar-refractivity contribution in [2.45, 2.75) is 44.0 Å². The first-order valence-electron chi connectivity index (χ1n) is 11.0. The molecule has 3 N–H and O–H groups in total. The molecule has 1 fully saturated rings. The van der Waals surface area contributed by atoms with Crippen LogP contribution in [-0.2, 0) is 13.0 Å². The third-order valence-electron chi connectivity index (χ3n) is 6.06. The van der Waals surface area contributed by atoms with Crippen molar-refractivity contribution >= 4 is 5.91 Å². The number of benzene rings is 2. The van der Waals surface area contributed by atoms with Gasteiger partial charge in [0.15, 0.2) is 0 Å². The minimum absolute atomic E-state index is 0.0568. The van der Waals surface area contributed by atoms with E-state index < -0.39 is 6.10 Å². The molecule has 6 nitrogen and oxygen atoms in total. The molecule has 1 saturated heterocycles. The van der Waals surface area contributed by atoms with Crippen molar-refractivity contribution in [3.63, 3.8) is 0 Å². The van der Waals surface area contributed by atoms with E-state index in [1.165, 1.54) is 6.07 Å². The zero-order valence-electron chi connectivity index (χ0n) is 18.2. The van der Waals surface area contributed by atoms with Crippen molar-refractivity contribution in [1.82, 2.24) is 15.2 Å². The molecule has 6 heteroatoms. The van der Waals surface area contributed by atoms with Gasteiger partial charge in [-0.2, -0.15) is 0 Å². The van der Waals surface area contributed by atoms with Gasteiger partial charge in [0.2, 0.25) is 5.56 Å². The Morgan fingerprint density at radius 2 is 1.78 bits per heavy atom. The number of hydrogen-bond acceptors (Lipinski definition) is 4. The molecule has 166 valence electrons. The van der Waals surface area contributed by atoms with Crippen LogP contribution >= 0.6 is 0 Å². The van der Waals surface area contributed by atoms with Crippen molar-refractivity contribution in [3.8, 4) is 0 Å². The fourth-order valence-corrected chi connectivity index (χ4v) is 4.34. The number of H-pyrrole nitrogens is 1. The minimum Gasteiger partial charge on any atom is -0.387 e. The molecule has 3 unspecified atom stereocenters. The number of aliphatic hydroxyl groups excluding tert-OH is 1. The Kier molecular flexibility index (Phi) is 6.83. The average Bonchev–Trinajstić information content (AvgIpc) is 3.27. The van der Waals surface area contributed by atoms with E-state index in [2.05, 4.69) is 10.3 Å². The zero-order chi connectivity index (χ0) is 22.5. The molecule has 1 aliphatic rings. The Bertz CT molecular complexity index is 1100. The van der Waals surface area contributed by atoms with Crippen molar-refractivity contribution in [2.75, 3.05) is 7.05 Å². The third-order valence-corrected chi connectivity index (χ3v) is 6.06. The van der Waals surface area contributed by atoms with Gasteiger partial charge in [-0.05, 0) is 48.6 Å². The van der Waals surface area contributed by atoms with Gasteiger partial charge in [-0.1, -0.05) is 48.5 Å². The number of aliphatic hydroxyl groups is 1. The molecular weight excluding hydrogens is 402 g/mol. The molecule has 32 heavy (non-hydrogen) atoms. The first-order chi connectivity index (χ1) is 15.5. The first-order valence-corrected chi connectivity index (χ1v) is 11.0. The van der Waals surface area contributed by atoms with Gasteiger partial charge in [0.25, 0.3) is 5.91 Å². The van der Waals surface area contributed by atoms with Crippen LogP contribution in [0.5, 0.6) is 0 Å². The van der Waals surface area contributed by atoms with E-state index in [1.54, 1.807) is 24.1 Å². The number of nitrogens with one attached hydrogen (secondary N) is 2. The zero-order valence-corrected chi connectivity index (χ0v) is 18.2. The van der Waals surface area contributed by atoms with Gasteiger partial charge in [-0.25, -0.2) is 0 Å². The monoisotopic (exact) mass is 431 g/mol. The summed E-state index contributed by atoms with van der Waals surface area (Å²) in [4.78, 5) is 28.5. The quantitative estimate of drug-likeness (QED) is 0.537. The molecular formula is C26H29N3O3. The second-order valence-electron chi connectivity index (χ2n) is 8.51. The fraction of sp³-hybridized carbons (Fsp3) is 0.308. The van der Waals surface area contributed by atoms with Crippen LogP contribution in [0, 0.1) is 0 Å². The fourth-order valence-electron chi connectivity index (χ4n) is 4.34. The van der Waals surface area contributed by atoms with E-state index in [1.807, 2.05) is 54.6 Å². The molecule has 0 spiro atoms. The third kappa shape index (κ3) is 5.33. The summed E-state index contributed by atoms with van der Waals surface area (Å²) in [6, 6.07) is 22.8. The van der Waals surface area contributed by atoms with Gasteiger partial charge >= 0.3 is 0 Å². The Hall–Kier alpha value is -3.22. The topological polar surface area (TPSA) is 85.4 Å². The number of rotatable bonds is 7. The number of aromatic amines is 1. The number of hydrogen-bond donors (Lipinski definition) is 3. The Morgan fingerprint density at radius 3 is 2.50 bits per heavy atom. The molecule has 1 aliphatic heterocycles. The molecule has 1 amide bonds. The van der Waals surface area contributed by atoms with Crippen LogP contribution in [-0.4, -0.2) is 40.0 Å². The molecule has 0 aliphatic carbocycles. The lowest BCUT2D eigenvalue weighted by Crippen LogP contribution is -2.35. The van der Waals surface area contributed by atoms with Crippen molar-refractivity contribution in [1.29, 1.82) is 0 Å². The number of carbonyl (C=O) groups is 1.